The first kappa shape index (κ1) is 35.7. The van der Waals surface area contributed by atoms with Crippen molar-refractivity contribution in [3.05, 3.63) is 65.2 Å². The highest BCUT2D eigenvalue weighted by molar-refractivity contribution is 6.10. The van der Waals surface area contributed by atoms with Gasteiger partial charge >= 0.3 is 17.9 Å². The number of para-hydroxylation sites is 1. The van der Waals surface area contributed by atoms with Gasteiger partial charge in [0.05, 0.1) is 11.1 Å². The highest BCUT2D eigenvalue weighted by atomic mass is 16.7. The molecule has 0 aromatic heterocycles. The monoisotopic (exact) mass is 726 g/mol. The maximum Gasteiger partial charge on any atom is 0.350 e. The van der Waals surface area contributed by atoms with E-state index < -0.39 is 130 Å². The molecule has 1 fully saturated rings. The summed E-state index contributed by atoms with van der Waals surface area (Å²) < 4.78 is 27.5. The van der Waals surface area contributed by atoms with Gasteiger partial charge in [-0.25, -0.2) is 14.4 Å². The van der Waals surface area contributed by atoms with Crippen molar-refractivity contribution >= 4 is 23.7 Å². The van der Waals surface area contributed by atoms with Gasteiger partial charge in [-0.2, -0.15) is 0 Å². The fourth-order valence-corrected chi connectivity index (χ4v) is 5.87. The second kappa shape index (κ2) is 13.6. The normalized spacial score (nSPS) is 25.8. The van der Waals surface area contributed by atoms with E-state index in [1.54, 1.807) is 0 Å². The number of allylic oxidation sites excluding steroid dienone is 1. The van der Waals surface area contributed by atoms with Crippen molar-refractivity contribution in [2.24, 2.45) is 0 Å². The van der Waals surface area contributed by atoms with E-state index in [-0.39, 0.29) is 17.7 Å². The Balaban J connectivity index is 1.31. The van der Waals surface area contributed by atoms with E-state index in [4.69, 9.17) is 23.7 Å². The van der Waals surface area contributed by atoms with Gasteiger partial charge in [-0.05, 0) is 30.7 Å². The van der Waals surface area contributed by atoms with E-state index in [9.17, 15) is 65.1 Å². The molecule has 1 unspecified atom stereocenters. The number of aliphatic hydroxyl groups is 3. The van der Waals surface area contributed by atoms with Crippen LogP contribution in [-0.2, 0) is 35.1 Å². The molecular weight excluding hydrogens is 696 g/mol. The number of Topliss-reactive ketones (excluding diaryl/α,β-unsaturated/α-hetero) is 1. The number of aliphatic hydroxyl groups excluding tert-OH is 2. The van der Waals surface area contributed by atoms with E-state index in [1.165, 1.54) is 30.3 Å². The smallest absolute Gasteiger partial charge is 0.350 e. The van der Waals surface area contributed by atoms with Gasteiger partial charge in [0.25, 0.3) is 0 Å². The summed E-state index contributed by atoms with van der Waals surface area (Å²) in [5.74, 6) is -12.0. The molecule has 9 N–H and O–H groups in total. The van der Waals surface area contributed by atoms with Crippen molar-refractivity contribution in [1.82, 2.24) is 0 Å². The SMILES string of the molecule is O=C1OC[C@H]2O[C@@H](Oc3ccccc3COC(=O)C3(O)C=CCCC3=O)[C@H](O)[C@@H](O)[C@@H]2OC(=O)c2cc(O)c(O)c(O)c2-c2c1cc(O)c(O)c2O. The van der Waals surface area contributed by atoms with Gasteiger partial charge in [-0.15, -0.1) is 0 Å². The number of hydrogen-bond donors (Lipinski definition) is 9. The van der Waals surface area contributed by atoms with Crippen LogP contribution >= 0.6 is 0 Å². The number of ether oxygens (including phenoxy) is 5. The molecule has 2 aliphatic heterocycles. The third-order valence-corrected chi connectivity index (χ3v) is 8.67. The van der Waals surface area contributed by atoms with Crippen molar-refractivity contribution in [3.8, 4) is 51.4 Å². The number of ketones is 1. The Kier molecular flexibility index (Phi) is 9.32. The van der Waals surface area contributed by atoms with Crippen LogP contribution in [0.25, 0.3) is 11.1 Å². The summed E-state index contributed by atoms with van der Waals surface area (Å²) in [6, 6.07) is 7.03. The third kappa shape index (κ3) is 6.13. The topological polar surface area (TPSA) is 296 Å². The molecule has 2 heterocycles. The van der Waals surface area contributed by atoms with E-state index in [2.05, 4.69) is 0 Å². The molecule has 6 rings (SSSR count). The quantitative estimate of drug-likeness (QED) is 0.0568. The zero-order valence-corrected chi connectivity index (χ0v) is 26.5. The summed E-state index contributed by atoms with van der Waals surface area (Å²) in [5.41, 5.74) is -5.61. The first-order valence-electron chi connectivity index (χ1n) is 15.4. The Morgan fingerprint density at radius 2 is 1.46 bits per heavy atom. The van der Waals surface area contributed by atoms with Gasteiger partial charge in [-0.3, -0.25) is 4.79 Å². The highest BCUT2D eigenvalue weighted by Crippen LogP contribution is 2.53. The Morgan fingerprint density at radius 3 is 2.10 bits per heavy atom. The second-order valence-corrected chi connectivity index (χ2v) is 12.0. The van der Waals surface area contributed by atoms with Gasteiger partial charge in [0.15, 0.2) is 34.9 Å². The molecule has 18 nitrogen and oxygen atoms in total. The second-order valence-electron chi connectivity index (χ2n) is 12.0. The van der Waals surface area contributed by atoms with Crippen molar-refractivity contribution < 1.29 is 88.8 Å². The number of rotatable bonds is 5. The molecule has 18 heteroatoms. The largest absolute Gasteiger partial charge is 0.504 e. The molecule has 3 aliphatic rings. The van der Waals surface area contributed by atoms with Crippen LogP contribution < -0.4 is 4.74 Å². The number of phenols is 6. The first-order chi connectivity index (χ1) is 24.6. The summed E-state index contributed by atoms with van der Waals surface area (Å²) in [7, 11) is 0. The molecular formula is C34H30O18. The molecule has 1 aliphatic carbocycles. The zero-order chi connectivity index (χ0) is 37.6. The summed E-state index contributed by atoms with van der Waals surface area (Å²) >= 11 is 0. The lowest BCUT2D eigenvalue weighted by Gasteiger charge is -2.41. The standard InChI is InChI=1S/C34H30O18/c35-16-9-14-21(25(40)23(16)38)22-15(10-17(36)24(39)26(22)41)31(45)52-29-19(12-48-30(14)44)51-32(28(43)27(29)42)50-18-6-2-1-5-13(18)11-49-33(46)34(47)8-4-3-7-20(34)37/h1-2,4-6,8-10,19,27-29,32,35-36,38-43,47H,3,7,11-12H2/t19-,27-,28-,29-,32-,34?/m1/s1. The lowest BCUT2D eigenvalue weighted by atomic mass is 9.90. The van der Waals surface area contributed by atoms with Crippen molar-refractivity contribution in [3.63, 3.8) is 0 Å². The summed E-state index contributed by atoms with van der Waals surface area (Å²) in [5, 5.41) is 95.2. The van der Waals surface area contributed by atoms with Gasteiger partial charge in [0.1, 0.15) is 37.3 Å². The lowest BCUT2D eigenvalue weighted by molar-refractivity contribution is -0.276. The fourth-order valence-electron chi connectivity index (χ4n) is 5.87. The number of benzene rings is 3. The fraction of sp³-hybridized carbons (Fsp3) is 0.294. The van der Waals surface area contributed by atoms with Crippen LogP contribution in [0.1, 0.15) is 39.1 Å². The zero-order valence-electron chi connectivity index (χ0n) is 26.5. The molecule has 6 atom stereocenters. The minimum Gasteiger partial charge on any atom is -0.504 e. The van der Waals surface area contributed by atoms with Crippen LogP contribution in [0, 0.1) is 0 Å². The van der Waals surface area contributed by atoms with Crippen molar-refractivity contribution in [2.75, 3.05) is 6.61 Å². The minimum absolute atomic E-state index is 0.0735. The summed E-state index contributed by atoms with van der Waals surface area (Å²) in [4.78, 5) is 51.9. The number of esters is 3. The molecule has 0 bridgehead atoms. The maximum atomic E-state index is 13.6. The molecule has 0 amide bonds. The van der Waals surface area contributed by atoms with E-state index in [0.29, 0.717) is 18.6 Å². The molecule has 0 radical (unpaired) electrons. The highest BCUT2D eigenvalue weighted by Gasteiger charge is 2.50. The van der Waals surface area contributed by atoms with Crippen LogP contribution in [-0.4, -0.2) is 113 Å². The van der Waals surface area contributed by atoms with E-state index in [0.717, 1.165) is 6.08 Å². The van der Waals surface area contributed by atoms with Gasteiger partial charge in [0.2, 0.25) is 23.4 Å². The molecule has 52 heavy (non-hydrogen) atoms. The number of phenolic OH excluding ortho intramolecular Hbond substituents is 6. The molecule has 3 aromatic carbocycles. The molecule has 0 spiro atoms. The Hall–Kier alpha value is -6.08. The van der Waals surface area contributed by atoms with Crippen LogP contribution in [0.15, 0.2) is 48.6 Å². The van der Waals surface area contributed by atoms with Crippen LogP contribution in [0.2, 0.25) is 0 Å². The van der Waals surface area contributed by atoms with Crippen LogP contribution in [0.5, 0.6) is 40.2 Å². The predicted molar refractivity (Wildman–Crippen MR) is 167 cm³/mol. The first-order valence-corrected chi connectivity index (χ1v) is 15.4. The van der Waals surface area contributed by atoms with Gasteiger partial charge in [-0.1, -0.05) is 24.3 Å². The molecule has 274 valence electrons. The van der Waals surface area contributed by atoms with Gasteiger partial charge in [0, 0.05) is 23.1 Å². The minimum atomic E-state index is -2.48. The third-order valence-electron chi connectivity index (χ3n) is 8.67. The summed E-state index contributed by atoms with van der Waals surface area (Å²) in [6.07, 6.45) is -6.58. The number of carbonyl (C=O) groups is 4. The summed E-state index contributed by atoms with van der Waals surface area (Å²) in [6.45, 7) is -1.39. The molecule has 3 aromatic rings. The molecule has 0 saturated carbocycles. The van der Waals surface area contributed by atoms with Crippen LogP contribution in [0.4, 0.5) is 0 Å². The predicted octanol–water partition coefficient (Wildman–Crippen LogP) is 0.502. The van der Waals surface area contributed by atoms with Crippen LogP contribution in [0.3, 0.4) is 0 Å². The average Bonchev–Trinajstić information content (AvgIpc) is 3.13. The number of fused-ring (bicyclic) bond motifs is 4. The Labute approximate surface area is 291 Å². The van der Waals surface area contributed by atoms with E-state index in [1.807, 2.05) is 0 Å². The molecule has 1 saturated heterocycles. The lowest BCUT2D eigenvalue weighted by Crippen LogP contribution is -2.61. The van der Waals surface area contributed by atoms with Gasteiger partial charge < -0.3 is 69.6 Å². The Morgan fingerprint density at radius 1 is 0.846 bits per heavy atom. The Bertz CT molecular complexity index is 2000. The number of aromatic hydroxyl groups is 6. The average molecular weight is 727 g/mol. The number of cyclic esters (lactones) is 1. The maximum absolute atomic E-state index is 13.6. The van der Waals surface area contributed by atoms with E-state index >= 15 is 0 Å². The van der Waals surface area contributed by atoms with Crippen molar-refractivity contribution in [2.45, 2.75) is 55.8 Å². The number of hydrogen-bond acceptors (Lipinski definition) is 18. The van der Waals surface area contributed by atoms with Crippen molar-refractivity contribution in [1.29, 1.82) is 0 Å². The number of carbonyl (C=O) groups excluding carboxylic acids is 4.